The predicted octanol–water partition coefficient (Wildman–Crippen LogP) is 3.42. The minimum absolute atomic E-state index is 0.451. The van der Waals surface area contributed by atoms with Crippen LogP contribution < -0.4 is 10.6 Å². The fraction of sp³-hybridized carbons (Fsp3) is 0.217. The minimum Gasteiger partial charge on any atom is -0.378 e. The van der Waals surface area contributed by atoms with Crippen molar-refractivity contribution >= 4 is 33.4 Å². The lowest BCUT2D eigenvalue weighted by Crippen LogP contribution is -2.36. The van der Waals surface area contributed by atoms with Gasteiger partial charge in [-0.05, 0) is 42.0 Å². The van der Waals surface area contributed by atoms with Crippen LogP contribution in [0.4, 0.5) is 5.69 Å². The number of aryl methyl sites for hydroxylation is 1. The van der Waals surface area contributed by atoms with Crippen LogP contribution in [-0.4, -0.2) is 41.8 Å². The SMILES string of the molecule is Cc1nc2c(C(N)=O)cc(N3CCOCC3)cc2n1-c1ccc2ccccc2c1. The highest BCUT2D eigenvalue weighted by Crippen LogP contribution is 2.30. The van der Waals surface area contributed by atoms with E-state index in [4.69, 9.17) is 15.5 Å². The molecule has 2 N–H and O–H groups in total. The Labute approximate surface area is 168 Å². The normalized spacial score (nSPS) is 14.6. The Morgan fingerprint density at radius 1 is 1.00 bits per heavy atom. The van der Waals surface area contributed by atoms with Gasteiger partial charge in [-0.25, -0.2) is 4.98 Å². The number of anilines is 1. The van der Waals surface area contributed by atoms with E-state index in [2.05, 4.69) is 45.9 Å². The van der Waals surface area contributed by atoms with Crippen molar-refractivity contribution in [3.8, 4) is 5.69 Å². The van der Waals surface area contributed by atoms with Crippen molar-refractivity contribution in [2.75, 3.05) is 31.2 Å². The van der Waals surface area contributed by atoms with Gasteiger partial charge in [-0.2, -0.15) is 0 Å². The fourth-order valence-corrected chi connectivity index (χ4v) is 4.11. The summed E-state index contributed by atoms with van der Waals surface area (Å²) in [5.41, 5.74) is 9.67. The number of nitrogens with zero attached hydrogens (tertiary/aromatic N) is 3. The maximum Gasteiger partial charge on any atom is 0.251 e. The van der Waals surface area contributed by atoms with Gasteiger partial charge in [-0.1, -0.05) is 30.3 Å². The topological polar surface area (TPSA) is 73.4 Å². The van der Waals surface area contributed by atoms with Gasteiger partial charge in [0.2, 0.25) is 0 Å². The van der Waals surface area contributed by atoms with Crippen LogP contribution >= 0.6 is 0 Å². The van der Waals surface area contributed by atoms with Crippen LogP contribution in [0, 0.1) is 6.92 Å². The summed E-state index contributed by atoms with van der Waals surface area (Å²) in [4.78, 5) is 19.1. The lowest BCUT2D eigenvalue weighted by Gasteiger charge is -2.29. The maximum absolute atomic E-state index is 12.2. The summed E-state index contributed by atoms with van der Waals surface area (Å²) in [6.07, 6.45) is 0. The van der Waals surface area contributed by atoms with Crippen LogP contribution in [0.2, 0.25) is 0 Å². The third-order valence-corrected chi connectivity index (χ3v) is 5.55. The molecule has 0 bridgehead atoms. The second-order valence-corrected chi connectivity index (χ2v) is 7.35. The van der Waals surface area contributed by atoms with E-state index >= 15 is 0 Å². The van der Waals surface area contributed by atoms with Gasteiger partial charge in [0.1, 0.15) is 11.3 Å². The van der Waals surface area contributed by atoms with E-state index in [1.54, 1.807) is 0 Å². The zero-order valence-corrected chi connectivity index (χ0v) is 16.3. The standard InChI is InChI=1S/C23H22N4O2/c1-15-25-22-20(23(24)28)13-19(26-8-10-29-11-9-26)14-21(22)27(15)18-7-6-16-4-2-3-5-17(16)12-18/h2-7,12-14H,8-11H2,1H3,(H2,24,28). The summed E-state index contributed by atoms with van der Waals surface area (Å²) in [5.74, 6) is 0.352. The summed E-state index contributed by atoms with van der Waals surface area (Å²) in [5, 5.41) is 2.34. The monoisotopic (exact) mass is 386 g/mol. The number of hydrogen-bond acceptors (Lipinski definition) is 4. The molecular formula is C23H22N4O2. The zero-order valence-electron chi connectivity index (χ0n) is 16.3. The summed E-state index contributed by atoms with van der Waals surface area (Å²) in [6.45, 7) is 4.87. The largest absolute Gasteiger partial charge is 0.378 e. The van der Waals surface area contributed by atoms with Crippen molar-refractivity contribution in [1.29, 1.82) is 0 Å². The molecule has 4 aromatic rings. The minimum atomic E-state index is -0.465. The molecule has 0 unspecified atom stereocenters. The highest BCUT2D eigenvalue weighted by molar-refractivity contribution is 6.06. The molecule has 6 nitrogen and oxygen atoms in total. The van der Waals surface area contributed by atoms with E-state index in [1.165, 1.54) is 5.39 Å². The molecule has 1 fully saturated rings. The Kier molecular flexibility index (Phi) is 4.21. The lowest BCUT2D eigenvalue weighted by molar-refractivity contribution is 0.100. The van der Waals surface area contributed by atoms with Gasteiger partial charge in [-0.3, -0.25) is 9.36 Å². The summed E-state index contributed by atoms with van der Waals surface area (Å²) in [6, 6.07) is 18.6. The molecule has 3 aromatic carbocycles. The smallest absolute Gasteiger partial charge is 0.251 e. The quantitative estimate of drug-likeness (QED) is 0.586. The molecule has 146 valence electrons. The number of carbonyl (C=O) groups excluding carboxylic acids is 1. The molecule has 0 aliphatic carbocycles. The van der Waals surface area contributed by atoms with Gasteiger partial charge < -0.3 is 15.4 Å². The first-order valence-corrected chi connectivity index (χ1v) is 9.76. The molecule has 0 spiro atoms. The van der Waals surface area contributed by atoms with Gasteiger partial charge >= 0.3 is 0 Å². The third kappa shape index (κ3) is 3.02. The average molecular weight is 386 g/mol. The Balaban J connectivity index is 1.75. The fourth-order valence-electron chi connectivity index (χ4n) is 4.11. The first-order valence-electron chi connectivity index (χ1n) is 9.76. The number of fused-ring (bicyclic) bond motifs is 2. The molecule has 0 atom stereocenters. The predicted molar refractivity (Wildman–Crippen MR) is 115 cm³/mol. The van der Waals surface area contributed by atoms with Gasteiger partial charge in [0, 0.05) is 24.5 Å². The van der Waals surface area contributed by atoms with Crippen molar-refractivity contribution < 1.29 is 9.53 Å². The summed E-state index contributed by atoms with van der Waals surface area (Å²) >= 11 is 0. The molecule has 1 aliphatic heterocycles. The maximum atomic E-state index is 12.2. The van der Waals surface area contributed by atoms with E-state index in [9.17, 15) is 4.79 Å². The highest BCUT2D eigenvalue weighted by Gasteiger charge is 2.20. The molecule has 1 saturated heterocycles. The highest BCUT2D eigenvalue weighted by atomic mass is 16.5. The van der Waals surface area contributed by atoms with Crippen molar-refractivity contribution in [2.24, 2.45) is 5.73 Å². The van der Waals surface area contributed by atoms with Crippen molar-refractivity contribution in [3.05, 3.63) is 66.0 Å². The van der Waals surface area contributed by atoms with E-state index < -0.39 is 5.91 Å². The molecule has 1 amide bonds. The molecule has 6 heteroatoms. The summed E-state index contributed by atoms with van der Waals surface area (Å²) < 4.78 is 7.57. The number of rotatable bonds is 3. The molecule has 0 radical (unpaired) electrons. The average Bonchev–Trinajstić information content (AvgIpc) is 3.08. The molecule has 5 rings (SSSR count). The second-order valence-electron chi connectivity index (χ2n) is 7.35. The number of ether oxygens (including phenoxy) is 1. The number of nitrogens with two attached hydrogens (primary N) is 1. The first kappa shape index (κ1) is 17.7. The van der Waals surface area contributed by atoms with Crippen LogP contribution in [0.15, 0.2) is 54.6 Å². The number of primary amides is 1. The second kappa shape index (κ2) is 6.90. The van der Waals surface area contributed by atoms with E-state index in [-0.39, 0.29) is 0 Å². The van der Waals surface area contributed by atoms with E-state index in [0.29, 0.717) is 24.3 Å². The van der Waals surface area contributed by atoms with Gasteiger partial charge in [0.25, 0.3) is 5.91 Å². The van der Waals surface area contributed by atoms with Crippen molar-refractivity contribution in [2.45, 2.75) is 6.92 Å². The number of amides is 1. The number of morpholine rings is 1. The number of imidazole rings is 1. The van der Waals surface area contributed by atoms with Gasteiger partial charge in [0.15, 0.2) is 0 Å². The van der Waals surface area contributed by atoms with E-state index in [0.717, 1.165) is 41.2 Å². The van der Waals surface area contributed by atoms with Crippen molar-refractivity contribution in [3.63, 3.8) is 0 Å². The number of hydrogen-bond donors (Lipinski definition) is 1. The van der Waals surface area contributed by atoms with Crippen LogP contribution in [0.3, 0.4) is 0 Å². The molecular weight excluding hydrogens is 364 g/mol. The van der Waals surface area contributed by atoms with Gasteiger partial charge in [0.05, 0.1) is 24.3 Å². The van der Waals surface area contributed by atoms with Crippen LogP contribution in [0.5, 0.6) is 0 Å². The Morgan fingerprint density at radius 3 is 2.52 bits per heavy atom. The first-order chi connectivity index (χ1) is 14.1. The lowest BCUT2D eigenvalue weighted by atomic mass is 10.1. The van der Waals surface area contributed by atoms with Gasteiger partial charge in [-0.15, -0.1) is 0 Å². The van der Waals surface area contributed by atoms with Crippen LogP contribution in [-0.2, 0) is 4.74 Å². The molecule has 0 saturated carbocycles. The molecule has 2 heterocycles. The zero-order chi connectivity index (χ0) is 20.0. The Morgan fingerprint density at radius 2 is 1.76 bits per heavy atom. The number of benzene rings is 3. The number of aromatic nitrogens is 2. The van der Waals surface area contributed by atoms with E-state index in [1.807, 2.05) is 25.1 Å². The number of carbonyl (C=O) groups is 1. The van der Waals surface area contributed by atoms with Crippen LogP contribution in [0.1, 0.15) is 16.2 Å². The molecule has 29 heavy (non-hydrogen) atoms. The third-order valence-electron chi connectivity index (χ3n) is 5.55. The Hall–Kier alpha value is -3.38. The summed E-state index contributed by atoms with van der Waals surface area (Å²) in [7, 11) is 0. The molecule has 1 aromatic heterocycles. The molecule has 1 aliphatic rings. The Bertz CT molecular complexity index is 1240. The van der Waals surface area contributed by atoms with Crippen molar-refractivity contribution in [1.82, 2.24) is 9.55 Å². The van der Waals surface area contributed by atoms with Crippen LogP contribution in [0.25, 0.3) is 27.5 Å².